The highest BCUT2D eigenvalue weighted by atomic mass is 16.5. The summed E-state index contributed by atoms with van der Waals surface area (Å²) in [4.78, 5) is 41.0. The second-order valence-electron chi connectivity index (χ2n) is 21.5. The van der Waals surface area contributed by atoms with Crippen LogP contribution in [0.2, 0.25) is 0 Å². The Balaban J connectivity index is 1.17. The van der Waals surface area contributed by atoms with Crippen LogP contribution in [0.15, 0.2) is 12.2 Å². The maximum atomic E-state index is 13.8. The van der Waals surface area contributed by atoms with E-state index in [9.17, 15) is 19.5 Å². The van der Waals surface area contributed by atoms with Gasteiger partial charge in [0.25, 0.3) is 0 Å². The summed E-state index contributed by atoms with van der Waals surface area (Å²) in [5.41, 5.74) is 1.36. The largest absolute Gasteiger partial charge is 0.481 e. The summed E-state index contributed by atoms with van der Waals surface area (Å²) in [6.45, 7) is 26.8. The Morgan fingerprint density at radius 3 is 2.21 bits per heavy atom. The summed E-state index contributed by atoms with van der Waals surface area (Å²) in [6, 6.07) is 0. The van der Waals surface area contributed by atoms with Gasteiger partial charge in [0.15, 0.2) is 0 Å². The summed E-state index contributed by atoms with van der Waals surface area (Å²) in [5, 5.41) is 9.35. The van der Waals surface area contributed by atoms with Crippen LogP contribution in [0.5, 0.6) is 0 Å². The number of rotatable bonds is 13. The molecular formula is C46H75NO5. The molecule has 0 bridgehead atoms. The number of carboxylic acid groups (broad SMARTS) is 1. The Morgan fingerprint density at radius 2 is 1.54 bits per heavy atom. The number of likely N-dealkylation sites (tertiary alicyclic amines) is 1. The van der Waals surface area contributed by atoms with E-state index in [2.05, 4.69) is 53.0 Å². The molecule has 1 heterocycles. The molecule has 6 rings (SSSR count). The van der Waals surface area contributed by atoms with Crippen molar-refractivity contribution in [1.29, 1.82) is 0 Å². The number of ketones is 1. The third-order valence-electron chi connectivity index (χ3n) is 17.6. The van der Waals surface area contributed by atoms with Gasteiger partial charge in [0.1, 0.15) is 11.9 Å². The molecule has 10 atom stereocenters. The molecule has 0 spiro atoms. The molecule has 1 saturated heterocycles. The van der Waals surface area contributed by atoms with Crippen LogP contribution in [-0.4, -0.2) is 53.5 Å². The van der Waals surface area contributed by atoms with Crippen molar-refractivity contribution in [3.8, 4) is 0 Å². The normalized spacial score (nSPS) is 41.3. The van der Waals surface area contributed by atoms with Crippen LogP contribution >= 0.6 is 0 Å². The lowest BCUT2D eigenvalue weighted by Crippen LogP contribution is -2.66. The van der Waals surface area contributed by atoms with E-state index >= 15 is 0 Å². The number of nitrogens with zero attached hydrogens (tertiary/aromatic N) is 1. The zero-order valence-corrected chi connectivity index (χ0v) is 34.5. The second kappa shape index (κ2) is 14.4. The Labute approximate surface area is 317 Å². The van der Waals surface area contributed by atoms with Crippen LogP contribution in [-0.2, 0) is 19.1 Å². The lowest BCUT2D eigenvalue weighted by atomic mass is 9.32. The predicted molar refractivity (Wildman–Crippen MR) is 209 cm³/mol. The van der Waals surface area contributed by atoms with Gasteiger partial charge in [-0.15, -0.1) is 0 Å². The van der Waals surface area contributed by atoms with Gasteiger partial charge in [-0.05, 0) is 173 Å². The molecule has 6 nitrogen and oxygen atoms in total. The van der Waals surface area contributed by atoms with Crippen LogP contribution in [0.25, 0.3) is 0 Å². The molecule has 0 amide bonds. The molecule has 1 N–H and O–H groups in total. The second-order valence-corrected chi connectivity index (χ2v) is 21.5. The van der Waals surface area contributed by atoms with Gasteiger partial charge < -0.3 is 14.7 Å². The van der Waals surface area contributed by atoms with E-state index in [1.54, 1.807) is 0 Å². The number of unbranched alkanes of at least 4 members (excludes halogenated alkanes) is 1. The number of aliphatic carboxylic acids is 1. The monoisotopic (exact) mass is 722 g/mol. The molecule has 5 aliphatic carbocycles. The SMILES string of the molecule is C=C(C)[C@@H]1CC[C@]2(CC(=O)CCCCN3CCCC3)CC[C@]3(C)[C@H](CC[C@@H]4[C@@]5(C)CC[C@H](OC(=O)CC(C)(C)CC(=O)O)C(C)(C)[C@@H]5CC[C@]43C)[C@@H]12. The summed E-state index contributed by atoms with van der Waals surface area (Å²) < 4.78 is 6.29. The van der Waals surface area contributed by atoms with E-state index < -0.39 is 11.4 Å². The highest BCUT2D eigenvalue weighted by Gasteiger charge is 2.71. The van der Waals surface area contributed by atoms with Gasteiger partial charge >= 0.3 is 11.9 Å². The minimum Gasteiger partial charge on any atom is -0.481 e. The fourth-order valence-corrected chi connectivity index (χ4v) is 15.0. The van der Waals surface area contributed by atoms with Gasteiger partial charge in [-0.1, -0.05) is 60.6 Å². The quantitative estimate of drug-likeness (QED) is 0.116. The van der Waals surface area contributed by atoms with Crippen molar-refractivity contribution in [2.24, 2.45) is 62.1 Å². The van der Waals surface area contributed by atoms with Crippen molar-refractivity contribution >= 4 is 17.7 Å². The van der Waals surface area contributed by atoms with Crippen molar-refractivity contribution in [3.05, 3.63) is 12.2 Å². The number of ether oxygens (including phenoxy) is 1. The molecule has 0 aromatic carbocycles. The Bertz CT molecular complexity index is 1380. The Hall–Kier alpha value is -1.69. The molecule has 0 radical (unpaired) electrons. The molecular weight excluding hydrogens is 647 g/mol. The summed E-state index contributed by atoms with van der Waals surface area (Å²) >= 11 is 0. The maximum absolute atomic E-state index is 13.8. The molecule has 1 aliphatic heterocycles. The van der Waals surface area contributed by atoms with E-state index in [1.807, 2.05) is 13.8 Å². The van der Waals surface area contributed by atoms with E-state index in [-0.39, 0.29) is 52.0 Å². The molecule has 294 valence electrons. The Kier molecular flexibility index (Phi) is 11.1. The lowest BCUT2D eigenvalue weighted by molar-refractivity contribution is -0.250. The fourth-order valence-electron chi connectivity index (χ4n) is 15.0. The zero-order chi connectivity index (χ0) is 37.9. The van der Waals surface area contributed by atoms with E-state index in [0.29, 0.717) is 35.4 Å². The van der Waals surface area contributed by atoms with Crippen molar-refractivity contribution in [2.75, 3.05) is 19.6 Å². The van der Waals surface area contributed by atoms with Gasteiger partial charge in [-0.3, -0.25) is 14.4 Å². The number of carbonyl (C=O) groups excluding carboxylic acids is 2. The van der Waals surface area contributed by atoms with Gasteiger partial charge in [-0.25, -0.2) is 0 Å². The van der Waals surface area contributed by atoms with Gasteiger partial charge in [0, 0.05) is 18.3 Å². The molecule has 0 aromatic heterocycles. The summed E-state index contributed by atoms with van der Waals surface area (Å²) in [6.07, 6.45) is 18.0. The number of hydrogen-bond acceptors (Lipinski definition) is 5. The van der Waals surface area contributed by atoms with E-state index in [1.165, 1.54) is 76.5 Å². The standard InChI is InChI=1S/C46H75NO5/c1-31(2)33-17-22-46(28-32(48)14-10-11-25-47-26-12-13-27-47)24-23-44(8)34(40(33)46)15-16-36-43(7)20-19-37(42(5,6)35(43)18-21-45(36,44)9)52-39(51)30-41(3,4)29-38(49)50/h33-37,40H,1,10-30H2,2-9H3,(H,49,50)/t33-,34+,35-,36+,37-,40+,43-,44+,45+,46+/m0/s1. The fraction of sp³-hybridized carbons (Fsp3) is 0.891. The Morgan fingerprint density at radius 1 is 0.827 bits per heavy atom. The van der Waals surface area contributed by atoms with Crippen molar-refractivity contribution in [1.82, 2.24) is 4.90 Å². The molecule has 0 aromatic rings. The van der Waals surface area contributed by atoms with Crippen LogP contribution in [0.3, 0.4) is 0 Å². The first-order chi connectivity index (χ1) is 24.3. The van der Waals surface area contributed by atoms with Crippen molar-refractivity contribution in [3.63, 3.8) is 0 Å². The first-order valence-electron chi connectivity index (χ1n) is 21.6. The minimum absolute atomic E-state index is 0.0404. The maximum Gasteiger partial charge on any atom is 0.306 e. The zero-order valence-electron chi connectivity index (χ0n) is 34.5. The van der Waals surface area contributed by atoms with Crippen LogP contribution in [0.1, 0.15) is 171 Å². The van der Waals surface area contributed by atoms with Crippen LogP contribution in [0, 0.1) is 62.1 Å². The molecule has 52 heavy (non-hydrogen) atoms. The number of hydrogen-bond donors (Lipinski definition) is 1. The number of carboxylic acids is 1. The van der Waals surface area contributed by atoms with Crippen molar-refractivity contribution < 1.29 is 24.2 Å². The van der Waals surface area contributed by atoms with Crippen LogP contribution < -0.4 is 0 Å². The molecule has 6 heteroatoms. The average Bonchev–Trinajstić information content (AvgIpc) is 3.69. The number of Topliss-reactive ketones (excluding diaryl/α,β-unsaturated/α-hetero) is 1. The summed E-state index contributed by atoms with van der Waals surface area (Å²) in [7, 11) is 0. The number of carbonyl (C=O) groups is 3. The van der Waals surface area contributed by atoms with Gasteiger partial charge in [-0.2, -0.15) is 0 Å². The first kappa shape index (κ1) is 40.0. The van der Waals surface area contributed by atoms with E-state index in [0.717, 1.165) is 51.5 Å². The average molecular weight is 722 g/mol. The van der Waals surface area contributed by atoms with Gasteiger partial charge in [0.2, 0.25) is 0 Å². The lowest BCUT2D eigenvalue weighted by Gasteiger charge is -2.73. The predicted octanol–water partition coefficient (Wildman–Crippen LogP) is 10.7. The van der Waals surface area contributed by atoms with Gasteiger partial charge in [0.05, 0.1) is 12.8 Å². The molecule has 6 fully saturated rings. The first-order valence-corrected chi connectivity index (χ1v) is 21.6. The van der Waals surface area contributed by atoms with Crippen LogP contribution in [0.4, 0.5) is 0 Å². The molecule has 6 aliphatic rings. The number of fused-ring (bicyclic) bond motifs is 7. The minimum atomic E-state index is -0.876. The summed E-state index contributed by atoms with van der Waals surface area (Å²) in [5.74, 6) is 2.22. The molecule has 5 saturated carbocycles. The van der Waals surface area contributed by atoms with Crippen molar-refractivity contribution in [2.45, 2.75) is 177 Å². The smallest absolute Gasteiger partial charge is 0.306 e. The van der Waals surface area contributed by atoms with E-state index in [4.69, 9.17) is 4.74 Å². The third kappa shape index (κ3) is 7.00. The highest BCUT2D eigenvalue weighted by Crippen LogP contribution is 2.78. The number of allylic oxidation sites excluding steroid dienone is 1. The number of esters is 1. The highest BCUT2D eigenvalue weighted by molar-refractivity contribution is 5.79. The topological polar surface area (TPSA) is 83.9 Å². The third-order valence-corrected chi connectivity index (χ3v) is 17.6. The molecule has 0 unspecified atom stereocenters.